The molecule has 2 aliphatic rings. The van der Waals surface area contributed by atoms with Crippen molar-refractivity contribution in [3.05, 3.63) is 52.4 Å². The number of hydrogen-bond acceptors (Lipinski definition) is 11. The fraction of sp³-hybridized carbons (Fsp3) is 0.545. The summed E-state index contributed by atoms with van der Waals surface area (Å²) in [5, 5.41) is 67.6. The molecule has 2 saturated heterocycles. The van der Waals surface area contributed by atoms with Crippen LogP contribution in [0.4, 0.5) is 5.69 Å². The molecule has 10 atom stereocenters. The first-order valence-corrected chi connectivity index (χ1v) is 12.6. The third-order valence-electron chi connectivity index (χ3n) is 6.72. The third kappa shape index (κ3) is 5.41. The topological polar surface area (TPSA) is 247 Å². The lowest BCUT2D eigenvalue weighted by molar-refractivity contribution is -0.269. The average molecular weight is 557 g/mol. The maximum atomic E-state index is 11.7. The Morgan fingerprint density at radius 1 is 1.24 bits per heavy atom. The molecule has 2 aliphatic heterocycles. The normalized spacial score (nSPS) is 33.7. The number of aliphatic hydroxyl groups is 6. The SMILES string of the molecule is [N-]=[N+]=Nc1cccc2c(CC(NS(=O)O)O[C@H]3O[C@H](CO)[C@@H](O)[C@@]3(O)C(O)[C@H]3OC[C@@H](O)[C@@H]3O)cccc12. The van der Waals surface area contributed by atoms with E-state index in [0.29, 0.717) is 22.0 Å². The Labute approximate surface area is 218 Å². The van der Waals surface area contributed by atoms with Crippen molar-refractivity contribution in [1.82, 2.24) is 4.72 Å². The maximum Gasteiger partial charge on any atom is 0.233 e. The van der Waals surface area contributed by atoms with E-state index in [2.05, 4.69) is 14.7 Å². The summed E-state index contributed by atoms with van der Waals surface area (Å²) >= 11 is -2.63. The molecule has 0 radical (unpaired) electrons. The molecule has 0 amide bonds. The molecule has 4 rings (SSSR count). The minimum atomic E-state index is -2.70. The van der Waals surface area contributed by atoms with Crippen LogP contribution in [0.3, 0.4) is 0 Å². The number of hydrogen-bond donors (Lipinski definition) is 8. The number of rotatable bonds is 10. The zero-order valence-electron chi connectivity index (χ0n) is 19.7. The van der Waals surface area contributed by atoms with Crippen molar-refractivity contribution in [1.29, 1.82) is 0 Å². The van der Waals surface area contributed by atoms with Crippen LogP contribution in [0.2, 0.25) is 0 Å². The molecule has 2 heterocycles. The van der Waals surface area contributed by atoms with E-state index in [1.54, 1.807) is 36.4 Å². The van der Waals surface area contributed by atoms with Crippen LogP contribution < -0.4 is 4.72 Å². The van der Waals surface area contributed by atoms with Crippen molar-refractivity contribution in [2.24, 2.45) is 5.11 Å². The average Bonchev–Trinajstić information content (AvgIpc) is 3.35. The monoisotopic (exact) mass is 556 g/mol. The number of ether oxygens (including phenoxy) is 3. The van der Waals surface area contributed by atoms with Crippen LogP contribution in [0.25, 0.3) is 21.2 Å². The molecule has 0 aliphatic carbocycles. The summed E-state index contributed by atoms with van der Waals surface area (Å²) in [6.07, 6.45) is -13.4. The van der Waals surface area contributed by atoms with Gasteiger partial charge in [-0.2, -0.15) is 4.72 Å². The Hall–Kier alpha value is -2.28. The van der Waals surface area contributed by atoms with Crippen molar-refractivity contribution >= 4 is 27.7 Å². The molecular formula is C22H28N4O11S. The Kier molecular flexibility index (Phi) is 8.96. The summed E-state index contributed by atoms with van der Waals surface area (Å²) in [6.45, 7) is -1.14. The molecule has 0 saturated carbocycles. The Morgan fingerprint density at radius 2 is 1.95 bits per heavy atom. The number of nitrogens with one attached hydrogen (secondary N) is 1. The van der Waals surface area contributed by atoms with Gasteiger partial charge in [-0.05, 0) is 21.9 Å². The first-order valence-electron chi connectivity index (χ1n) is 11.5. The lowest BCUT2D eigenvalue weighted by atomic mass is 9.84. The van der Waals surface area contributed by atoms with E-state index < -0.39 is 72.6 Å². The number of azide groups is 1. The predicted molar refractivity (Wildman–Crippen MR) is 130 cm³/mol. The van der Waals surface area contributed by atoms with Gasteiger partial charge in [0, 0.05) is 17.0 Å². The van der Waals surface area contributed by atoms with Crippen LogP contribution in [-0.2, 0) is 31.9 Å². The second kappa shape index (κ2) is 11.8. The van der Waals surface area contributed by atoms with Gasteiger partial charge in [-0.3, -0.25) is 4.55 Å². The van der Waals surface area contributed by atoms with Gasteiger partial charge in [0.25, 0.3) is 0 Å². The van der Waals surface area contributed by atoms with E-state index in [-0.39, 0.29) is 13.0 Å². The van der Waals surface area contributed by atoms with E-state index in [1.807, 2.05) is 0 Å². The standard InChI is InChI=1S/C22H28N4O11S/c23-26-24-13-6-2-4-11-10(3-1-5-12(11)13)7-16(25-38(33)34)37-21-22(32,19(30)15(8-27)36-21)20(31)18-17(29)14(28)9-35-18/h1-6,14-21,25,27-32H,7-9H2,(H,33,34)/t14-,15-,16?,17+,18+,19-,20?,21-,22-/m1/s1. The lowest BCUT2D eigenvalue weighted by Crippen LogP contribution is -2.64. The van der Waals surface area contributed by atoms with E-state index in [9.17, 15) is 39.4 Å². The first kappa shape index (κ1) is 28.7. The smallest absolute Gasteiger partial charge is 0.233 e. The minimum Gasteiger partial charge on any atom is -0.394 e. The number of fused-ring (bicyclic) bond motifs is 1. The number of benzene rings is 2. The molecule has 2 aromatic rings. The molecule has 2 fully saturated rings. The van der Waals surface area contributed by atoms with Crippen LogP contribution >= 0.6 is 0 Å². The van der Waals surface area contributed by atoms with Crippen molar-refractivity contribution in [3.63, 3.8) is 0 Å². The second-order valence-electron chi connectivity index (χ2n) is 9.00. The van der Waals surface area contributed by atoms with Gasteiger partial charge in [0.2, 0.25) is 11.3 Å². The van der Waals surface area contributed by atoms with Gasteiger partial charge in [0.05, 0.1) is 13.2 Å². The lowest BCUT2D eigenvalue weighted by Gasteiger charge is -2.39. The number of aliphatic hydroxyl groups excluding tert-OH is 5. The molecule has 15 nitrogen and oxygen atoms in total. The zero-order valence-corrected chi connectivity index (χ0v) is 20.5. The Morgan fingerprint density at radius 3 is 2.58 bits per heavy atom. The summed E-state index contributed by atoms with van der Waals surface area (Å²) in [5.41, 5.74) is 7.07. The highest BCUT2D eigenvalue weighted by Gasteiger charge is 2.64. The first-order chi connectivity index (χ1) is 18.1. The molecule has 16 heteroatoms. The third-order valence-corrected chi connectivity index (χ3v) is 7.19. The molecule has 8 N–H and O–H groups in total. The largest absolute Gasteiger partial charge is 0.394 e. The van der Waals surface area contributed by atoms with Gasteiger partial charge >= 0.3 is 0 Å². The molecular weight excluding hydrogens is 528 g/mol. The van der Waals surface area contributed by atoms with Gasteiger partial charge in [-0.1, -0.05) is 41.5 Å². The van der Waals surface area contributed by atoms with Gasteiger partial charge < -0.3 is 44.8 Å². The Balaban J connectivity index is 1.66. The zero-order chi connectivity index (χ0) is 27.6. The minimum absolute atomic E-state index is 0.115. The summed E-state index contributed by atoms with van der Waals surface area (Å²) in [7, 11) is 0. The van der Waals surface area contributed by atoms with Gasteiger partial charge in [0.1, 0.15) is 42.9 Å². The summed E-state index contributed by atoms with van der Waals surface area (Å²) in [5.74, 6) is 0. The van der Waals surface area contributed by atoms with Crippen molar-refractivity contribution in [2.75, 3.05) is 13.2 Å². The predicted octanol–water partition coefficient (Wildman–Crippen LogP) is -1.32. The van der Waals surface area contributed by atoms with Crippen molar-refractivity contribution < 1.29 is 53.6 Å². The van der Waals surface area contributed by atoms with E-state index in [4.69, 9.17) is 19.7 Å². The van der Waals surface area contributed by atoms with Gasteiger partial charge in [0.15, 0.2) is 11.9 Å². The van der Waals surface area contributed by atoms with Crippen LogP contribution in [0, 0.1) is 0 Å². The summed E-state index contributed by atoms with van der Waals surface area (Å²) < 4.78 is 39.9. The molecule has 0 aromatic heterocycles. The van der Waals surface area contributed by atoms with Gasteiger partial charge in [-0.25, -0.2) is 4.21 Å². The van der Waals surface area contributed by atoms with E-state index >= 15 is 0 Å². The molecule has 2 aromatic carbocycles. The molecule has 38 heavy (non-hydrogen) atoms. The molecule has 208 valence electrons. The fourth-order valence-corrected chi connectivity index (χ4v) is 5.16. The molecule has 3 unspecified atom stereocenters. The van der Waals surface area contributed by atoms with E-state index in [0.717, 1.165) is 0 Å². The Bertz CT molecular complexity index is 1220. The summed E-state index contributed by atoms with van der Waals surface area (Å²) in [6, 6.07) is 10.1. The molecule has 0 spiro atoms. The quantitative estimate of drug-likeness (QED) is 0.0560. The second-order valence-corrected chi connectivity index (χ2v) is 9.73. The maximum absolute atomic E-state index is 11.7. The van der Waals surface area contributed by atoms with Crippen molar-refractivity contribution in [2.45, 2.75) is 61.2 Å². The van der Waals surface area contributed by atoms with Crippen LogP contribution in [-0.4, -0.2) is 107 Å². The van der Waals surface area contributed by atoms with Crippen molar-refractivity contribution in [3.8, 4) is 0 Å². The van der Waals surface area contributed by atoms with E-state index in [1.165, 1.54) is 0 Å². The van der Waals surface area contributed by atoms with Crippen LogP contribution in [0.5, 0.6) is 0 Å². The highest BCUT2D eigenvalue weighted by Crippen LogP contribution is 2.39. The highest BCUT2D eigenvalue weighted by molar-refractivity contribution is 7.77. The number of nitrogens with zero attached hydrogens (tertiary/aromatic N) is 3. The van der Waals surface area contributed by atoms with Crippen LogP contribution in [0.15, 0.2) is 41.5 Å². The summed E-state index contributed by atoms with van der Waals surface area (Å²) in [4.78, 5) is 2.81. The highest BCUT2D eigenvalue weighted by atomic mass is 32.2. The molecule has 0 bridgehead atoms. The van der Waals surface area contributed by atoms with Gasteiger partial charge in [-0.15, -0.1) is 0 Å². The fourth-order valence-electron chi connectivity index (χ4n) is 4.80. The van der Waals surface area contributed by atoms with Crippen LogP contribution in [0.1, 0.15) is 5.56 Å².